The summed E-state index contributed by atoms with van der Waals surface area (Å²) in [6.07, 6.45) is 4.61. The van der Waals surface area contributed by atoms with Crippen molar-refractivity contribution < 1.29 is 19.0 Å². The van der Waals surface area contributed by atoms with Crippen LogP contribution in [-0.2, 0) is 22.7 Å². The number of nitrogens with zero attached hydrogens (tertiary/aromatic N) is 3. The van der Waals surface area contributed by atoms with E-state index in [0.717, 1.165) is 54.0 Å². The molecule has 1 saturated carbocycles. The van der Waals surface area contributed by atoms with Gasteiger partial charge in [0, 0.05) is 48.3 Å². The molecule has 2 fully saturated rings. The Hall–Kier alpha value is -4.39. The van der Waals surface area contributed by atoms with E-state index in [9.17, 15) is 4.79 Å². The second kappa shape index (κ2) is 12.0. The summed E-state index contributed by atoms with van der Waals surface area (Å²) >= 11 is 0. The van der Waals surface area contributed by atoms with Crippen LogP contribution in [0.4, 0.5) is 5.82 Å². The van der Waals surface area contributed by atoms with Crippen LogP contribution in [0.2, 0.25) is 0 Å². The Morgan fingerprint density at radius 1 is 0.878 bits per heavy atom. The number of hydrogen-bond donors (Lipinski definition) is 0. The monoisotopic (exact) mass is 549 g/mol. The van der Waals surface area contributed by atoms with Gasteiger partial charge < -0.3 is 19.1 Å². The van der Waals surface area contributed by atoms with E-state index in [1.165, 1.54) is 0 Å². The third-order valence-corrected chi connectivity index (χ3v) is 7.92. The molecule has 2 aliphatic rings. The largest absolute Gasteiger partial charge is 0.473 e. The summed E-state index contributed by atoms with van der Waals surface area (Å²) < 4.78 is 17.3. The third kappa shape index (κ3) is 6.35. The van der Waals surface area contributed by atoms with Gasteiger partial charge in [-0.3, -0.25) is 4.79 Å². The van der Waals surface area contributed by atoms with Crippen molar-refractivity contribution in [3.8, 4) is 22.9 Å². The Bertz CT molecular complexity index is 1450. The van der Waals surface area contributed by atoms with Crippen molar-refractivity contribution in [2.75, 3.05) is 24.6 Å². The zero-order valence-electron chi connectivity index (χ0n) is 23.4. The number of pyridine rings is 2. The summed E-state index contributed by atoms with van der Waals surface area (Å²) in [5, 5.41) is 0. The molecule has 3 heterocycles. The van der Waals surface area contributed by atoms with E-state index < -0.39 is 0 Å². The van der Waals surface area contributed by atoms with Crippen molar-refractivity contribution >= 4 is 11.8 Å². The van der Waals surface area contributed by atoms with Crippen LogP contribution in [-0.4, -0.2) is 35.6 Å². The van der Waals surface area contributed by atoms with Crippen LogP contribution >= 0.6 is 0 Å². The van der Waals surface area contributed by atoms with E-state index in [0.29, 0.717) is 49.3 Å². The molecule has 1 saturated heterocycles. The fraction of sp³-hybridized carbons (Fsp3) is 0.324. The molecule has 0 bridgehead atoms. The molecule has 0 radical (unpaired) electrons. The second-order valence-corrected chi connectivity index (χ2v) is 11.1. The van der Waals surface area contributed by atoms with Crippen LogP contribution in [0.3, 0.4) is 0 Å². The van der Waals surface area contributed by atoms with Gasteiger partial charge in [-0.15, -0.1) is 0 Å². The highest BCUT2D eigenvalue weighted by Crippen LogP contribution is 2.53. The standard InChI is InChI=1S/C34H35N3O4/c1-2-39-32(38)17-27-18-34(19-27)23-37(24-34)30-15-13-28(20-35-30)29-14-16-31(40-21-25-9-5-3-6-10-25)36-33(29)41-22-26-11-7-4-8-12-26/h3-16,20,27H,2,17-19,21-24H2,1H3. The molecule has 6 rings (SSSR count). The fourth-order valence-corrected chi connectivity index (χ4v) is 5.97. The summed E-state index contributed by atoms with van der Waals surface area (Å²) in [6.45, 7) is 5.12. The Balaban J connectivity index is 1.12. The summed E-state index contributed by atoms with van der Waals surface area (Å²) in [5.41, 5.74) is 4.28. The molecular formula is C34H35N3O4. The molecule has 1 aliphatic heterocycles. The van der Waals surface area contributed by atoms with Gasteiger partial charge in [-0.1, -0.05) is 60.7 Å². The predicted octanol–water partition coefficient (Wildman–Crippen LogP) is 6.47. The van der Waals surface area contributed by atoms with Crippen molar-refractivity contribution in [2.24, 2.45) is 11.3 Å². The number of rotatable bonds is 11. The van der Waals surface area contributed by atoms with Gasteiger partial charge in [-0.25, -0.2) is 4.98 Å². The minimum Gasteiger partial charge on any atom is -0.473 e. The maximum atomic E-state index is 11.8. The Labute approximate surface area is 241 Å². The average molecular weight is 550 g/mol. The normalized spacial score (nSPS) is 15.6. The van der Waals surface area contributed by atoms with Gasteiger partial charge in [-0.05, 0) is 55.0 Å². The van der Waals surface area contributed by atoms with E-state index >= 15 is 0 Å². The first-order valence-corrected chi connectivity index (χ1v) is 14.3. The van der Waals surface area contributed by atoms with Gasteiger partial charge in [0.15, 0.2) is 0 Å². The van der Waals surface area contributed by atoms with Gasteiger partial charge in [-0.2, -0.15) is 4.98 Å². The smallest absolute Gasteiger partial charge is 0.306 e. The molecule has 2 aromatic carbocycles. The molecule has 2 aromatic heterocycles. The van der Waals surface area contributed by atoms with E-state index in [4.69, 9.17) is 24.2 Å². The van der Waals surface area contributed by atoms with Crippen LogP contribution < -0.4 is 14.4 Å². The van der Waals surface area contributed by atoms with Crippen molar-refractivity contribution in [1.82, 2.24) is 9.97 Å². The molecular weight excluding hydrogens is 514 g/mol. The van der Waals surface area contributed by atoms with Crippen LogP contribution in [0.15, 0.2) is 91.1 Å². The first-order valence-electron chi connectivity index (χ1n) is 14.3. The van der Waals surface area contributed by atoms with Gasteiger partial charge in [0.2, 0.25) is 11.8 Å². The Morgan fingerprint density at radius 3 is 2.20 bits per heavy atom. The fourth-order valence-electron chi connectivity index (χ4n) is 5.97. The van der Waals surface area contributed by atoms with E-state index in [1.54, 1.807) is 0 Å². The lowest BCUT2D eigenvalue weighted by molar-refractivity contribution is -0.146. The van der Waals surface area contributed by atoms with E-state index in [1.807, 2.05) is 85.9 Å². The number of ether oxygens (including phenoxy) is 3. The molecule has 0 amide bonds. The molecule has 4 aromatic rings. The number of anilines is 1. The van der Waals surface area contributed by atoms with Gasteiger partial charge in [0.25, 0.3) is 0 Å². The lowest BCUT2D eigenvalue weighted by Gasteiger charge is -2.59. The second-order valence-electron chi connectivity index (χ2n) is 11.1. The minimum absolute atomic E-state index is 0.0711. The number of benzene rings is 2. The van der Waals surface area contributed by atoms with Gasteiger partial charge >= 0.3 is 5.97 Å². The lowest BCUT2D eigenvalue weighted by Crippen LogP contribution is -2.62. The highest BCUT2D eigenvalue weighted by molar-refractivity contribution is 5.70. The quantitative estimate of drug-likeness (QED) is 0.199. The maximum absolute atomic E-state index is 11.8. The van der Waals surface area contributed by atoms with Crippen LogP contribution in [0.25, 0.3) is 11.1 Å². The van der Waals surface area contributed by atoms with Crippen LogP contribution in [0.1, 0.15) is 37.3 Å². The highest BCUT2D eigenvalue weighted by Gasteiger charge is 2.52. The van der Waals surface area contributed by atoms with Crippen LogP contribution in [0.5, 0.6) is 11.8 Å². The molecule has 7 heteroatoms. The summed E-state index contributed by atoms with van der Waals surface area (Å²) in [7, 11) is 0. The SMILES string of the molecule is CCOC(=O)CC1CC2(C1)CN(c1ccc(-c3ccc(OCc4ccccc4)nc3OCc3ccccc3)cn1)C2. The third-order valence-electron chi connectivity index (χ3n) is 7.92. The van der Waals surface area contributed by atoms with Crippen molar-refractivity contribution in [1.29, 1.82) is 0 Å². The number of esters is 1. The topological polar surface area (TPSA) is 73.8 Å². The first kappa shape index (κ1) is 26.8. The Kier molecular flexibility index (Phi) is 7.85. The first-order chi connectivity index (χ1) is 20.1. The van der Waals surface area contributed by atoms with Crippen molar-refractivity contribution in [3.05, 3.63) is 102 Å². The lowest BCUT2D eigenvalue weighted by atomic mass is 9.57. The predicted molar refractivity (Wildman–Crippen MR) is 158 cm³/mol. The molecule has 7 nitrogen and oxygen atoms in total. The number of aromatic nitrogens is 2. The van der Waals surface area contributed by atoms with Gasteiger partial charge in [0.1, 0.15) is 19.0 Å². The number of hydrogen-bond acceptors (Lipinski definition) is 7. The van der Waals surface area contributed by atoms with Crippen molar-refractivity contribution in [3.63, 3.8) is 0 Å². The minimum atomic E-state index is -0.0711. The molecule has 1 spiro atoms. The summed E-state index contributed by atoms with van der Waals surface area (Å²) in [5.74, 6) is 2.37. The summed E-state index contributed by atoms with van der Waals surface area (Å²) in [6, 6.07) is 28.1. The molecule has 210 valence electrons. The average Bonchev–Trinajstić information content (AvgIpc) is 2.97. The number of carbonyl (C=O) groups excluding carboxylic acids is 1. The van der Waals surface area contributed by atoms with Crippen molar-refractivity contribution in [2.45, 2.75) is 39.4 Å². The molecule has 0 unspecified atom stereocenters. The molecule has 1 aliphatic carbocycles. The maximum Gasteiger partial charge on any atom is 0.306 e. The molecule has 41 heavy (non-hydrogen) atoms. The highest BCUT2D eigenvalue weighted by atomic mass is 16.5. The molecule has 0 atom stereocenters. The zero-order valence-corrected chi connectivity index (χ0v) is 23.4. The zero-order chi connectivity index (χ0) is 28.1. The number of carbonyl (C=O) groups is 1. The molecule has 0 N–H and O–H groups in total. The summed E-state index contributed by atoms with van der Waals surface area (Å²) in [4.78, 5) is 23.6. The van der Waals surface area contributed by atoms with E-state index in [-0.39, 0.29) is 5.97 Å². The van der Waals surface area contributed by atoms with Gasteiger partial charge in [0.05, 0.1) is 6.61 Å². The van der Waals surface area contributed by atoms with Crippen LogP contribution in [0, 0.1) is 11.3 Å². The van der Waals surface area contributed by atoms with E-state index in [2.05, 4.69) is 17.0 Å². The Morgan fingerprint density at radius 2 is 1.56 bits per heavy atom.